The summed E-state index contributed by atoms with van der Waals surface area (Å²) in [5.74, 6) is 0.183. The number of ether oxygens (including phenoxy) is 2. The maximum absolute atomic E-state index is 12.9. The minimum Gasteiger partial charge on any atom is -0.487 e. The van der Waals surface area contributed by atoms with Crippen molar-refractivity contribution in [1.82, 2.24) is 9.55 Å². The van der Waals surface area contributed by atoms with Crippen LogP contribution >= 0.6 is 0 Å². The summed E-state index contributed by atoms with van der Waals surface area (Å²) in [6.45, 7) is 2.11. The van der Waals surface area contributed by atoms with E-state index in [2.05, 4.69) is 4.98 Å². The van der Waals surface area contributed by atoms with Gasteiger partial charge in [-0.3, -0.25) is 14.6 Å². The molecule has 28 heavy (non-hydrogen) atoms. The second-order valence-corrected chi connectivity index (χ2v) is 6.81. The van der Waals surface area contributed by atoms with Gasteiger partial charge in [-0.1, -0.05) is 24.3 Å². The second kappa shape index (κ2) is 7.31. The molecular formula is C22H20N2O4. The van der Waals surface area contributed by atoms with Gasteiger partial charge in [-0.05, 0) is 25.1 Å². The van der Waals surface area contributed by atoms with Crippen molar-refractivity contribution < 1.29 is 14.3 Å². The monoisotopic (exact) mass is 376 g/mol. The van der Waals surface area contributed by atoms with Crippen LogP contribution in [0.15, 0.2) is 59.5 Å². The average Bonchev–Trinajstić information content (AvgIpc) is 2.71. The standard InChI is InChI=1S/C22H20N2O4/c1-14-11-19-21(22(26)24(14)2)17(12-20(25)28-19)16-8-3-4-9-18(16)27-13-15-7-5-6-10-23-15/h3-11,17H,12-13H2,1-2H3/t17-/m0/s1. The first-order chi connectivity index (χ1) is 13.5. The molecule has 0 aliphatic carbocycles. The van der Waals surface area contributed by atoms with Crippen molar-refractivity contribution in [2.24, 2.45) is 7.05 Å². The van der Waals surface area contributed by atoms with Crippen LogP contribution in [0.4, 0.5) is 0 Å². The first kappa shape index (κ1) is 18.0. The third kappa shape index (κ3) is 3.29. The van der Waals surface area contributed by atoms with Crippen molar-refractivity contribution in [3.05, 3.63) is 87.6 Å². The average molecular weight is 376 g/mol. The van der Waals surface area contributed by atoms with Gasteiger partial charge >= 0.3 is 5.97 Å². The van der Waals surface area contributed by atoms with Gasteiger partial charge in [0.15, 0.2) is 0 Å². The lowest BCUT2D eigenvalue weighted by Crippen LogP contribution is -2.32. The van der Waals surface area contributed by atoms with Gasteiger partial charge in [-0.15, -0.1) is 0 Å². The predicted octanol–water partition coefficient (Wildman–Crippen LogP) is 3.11. The summed E-state index contributed by atoms with van der Waals surface area (Å²) in [5.41, 5.74) is 2.65. The van der Waals surface area contributed by atoms with E-state index in [9.17, 15) is 9.59 Å². The largest absolute Gasteiger partial charge is 0.487 e. The summed E-state index contributed by atoms with van der Waals surface area (Å²) in [6, 6.07) is 14.8. The van der Waals surface area contributed by atoms with E-state index in [4.69, 9.17) is 9.47 Å². The number of rotatable bonds is 4. The van der Waals surface area contributed by atoms with E-state index in [1.807, 2.05) is 49.4 Å². The second-order valence-electron chi connectivity index (χ2n) is 6.81. The van der Waals surface area contributed by atoms with E-state index in [0.717, 1.165) is 17.0 Å². The maximum Gasteiger partial charge on any atom is 0.312 e. The van der Waals surface area contributed by atoms with E-state index < -0.39 is 5.92 Å². The van der Waals surface area contributed by atoms with Crippen LogP contribution in [0.2, 0.25) is 0 Å². The third-order valence-electron chi connectivity index (χ3n) is 5.01. The molecule has 6 nitrogen and oxygen atoms in total. The molecule has 0 spiro atoms. The Hall–Kier alpha value is -3.41. The number of carbonyl (C=O) groups excluding carboxylic acids is 1. The van der Waals surface area contributed by atoms with Gasteiger partial charge < -0.3 is 14.0 Å². The topological polar surface area (TPSA) is 70.4 Å². The molecule has 6 heteroatoms. The van der Waals surface area contributed by atoms with E-state index >= 15 is 0 Å². The summed E-state index contributed by atoms with van der Waals surface area (Å²) in [7, 11) is 1.72. The third-order valence-corrected chi connectivity index (χ3v) is 5.01. The molecule has 0 unspecified atom stereocenters. The van der Waals surface area contributed by atoms with Crippen LogP contribution in [0.5, 0.6) is 11.5 Å². The fourth-order valence-corrected chi connectivity index (χ4v) is 3.45. The minimum absolute atomic E-state index is 0.0925. The Morgan fingerprint density at radius 3 is 2.75 bits per heavy atom. The molecule has 0 radical (unpaired) electrons. The molecular weight excluding hydrogens is 356 g/mol. The zero-order valence-corrected chi connectivity index (χ0v) is 15.7. The first-order valence-corrected chi connectivity index (χ1v) is 9.07. The molecule has 0 saturated carbocycles. The lowest BCUT2D eigenvalue weighted by molar-refractivity contribution is -0.135. The van der Waals surface area contributed by atoms with Crippen molar-refractivity contribution in [3.63, 3.8) is 0 Å². The molecule has 3 heterocycles. The molecule has 142 valence electrons. The molecule has 0 amide bonds. The molecule has 1 aromatic carbocycles. The summed E-state index contributed by atoms with van der Waals surface area (Å²) in [6.07, 6.45) is 1.80. The zero-order chi connectivity index (χ0) is 19.7. The Kier molecular flexibility index (Phi) is 4.69. The number of aromatic nitrogens is 2. The maximum atomic E-state index is 12.9. The number of para-hydroxylation sites is 1. The quantitative estimate of drug-likeness (QED) is 0.655. The molecule has 2 aromatic heterocycles. The van der Waals surface area contributed by atoms with E-state index in [1.54, 1.807) is 23.9 Å². The number of fused-ring (bicyclic) bond motifs is 1. The Morgan fingerprint density at radius 2 is 1.96 bits per heavy atom. The summed E-state index contributed by atoms with van der Waals surface area (Å²) >= 11 is 0. The highest BCUT2D eigenvalue weighted by atomic mass is 16.5. The molecule has 0 bridgehead atoms. The first-order valence-electron chi connectivity index (χ1n) is 9.07. The summed E-state index contributed by atoms with van der Waals surface area (Å²) < 4.78 is 12.9. The molecule has 0 fully saturated rings. The Labute approximate surface area is 162 Å². The van der Waals surface area contributed by atoms with Crippen LogP contribution in [0.1, 0.15) is 34.9 Å². The smallest absolute Gasteiger partial charge is 0.312 e. The lowest BCUT2D eigenvalue weighted by Gasteiger charge is -2.26. The highest BCUT2D eigenvalue weighted by molar-refractivity contribution is 5.78. The van der Waals surface area contributed by atoms with Crippen molar-refractivity contribution in [2.45, 2.75) is 25.9 Å². The number of nitrogens with zero attached hydrogens (tertiary/aromatic N) is 2. The highest BCUT2D eigenvalue weighted by Gasteiger charge is 2.33. The van der Waals surface area contributed by atoms with Crippen molar-refractivity contribution in [3.8, 4) is 11.5 Å². The number of pyridine rings is 2. The van der Waals surface area contributed by atoms with Gasteiger partial charge in [0.1, 0.15) is 18.1 Å². The van der Waals surface area contributed by atoms with Gasteiger partial charge in [0.2, 0.25) is 0 Å². The zero-order valence-electron chi connectivity index (χ0n) is 15.7. The van der Waals surface area contributed by atoms with E-state index in [1.165, 1.54) is 0 Å². The van der Waals surface area contributed by atoms with Crippen LogP contribution in [-0.2, 0) is 18.4 Å². The Balaban J connectivity index is 1.75. The number of benzene rings is 1. The fraction of sp³-hybridized carbons (Fsp3) is 0.227. The van der Waals surface area contributed by atoms with Crippen LogP contribution in [0, 0.1) is 6.92 Å². The number of aryl methyl sites for hydroxylation is 1. The van der Waals surface area contributed by atoms with Gasteiger partial charge in [0.25, 0.3) is 5.56 Å². The molecule has 1 aliphatic heterocycles. The number of hydrogen-bond acceptors (Lipinski definition) is 5. The number of esters is 1. The molecule has 3 aromatic rings. The molecule has 4 rings (SSSR count). The summed E-state index contributed by atoms with van der Waals surface area (Å²) in [5, 5.41) is 0. The predicted molar refractivity (Wildman–Crippen MR) is 104 cm³/mol. The van der Waals surface area contributed by atoms with E-state index in [0.29, 0.717) is 23.7 Å². The van der Waals surface area contributed by atoms with Crippen LogP contribution in [0.3, 0.4) is 0 Å². The number of carbonyl (C=O) groups is 1. The fourth-order valence-electron chi connectivity index (χ4n) is 3.45. The summed E-state index contributed by atoms with van der Waals surface area (Å²) in [4.78, 5) is 29.4. The van der Waals surface area contributed by atoms with Gasteiger partial charge in [0, 0.05) is 36.5 Å². The Bertz CT molecular complexity index is 1090. The van der Waals surface area contributed by atoms with Crippen LogP contribution in [0.25, 0.3) is 0 Å². The van der Waals surface area contributed by atoms with Crippen LogP contribution in [-0.4, -0.2) is 15.5 Å². The molecule has 0 saturated heterocycles. The minimum atomic E-state index is -0.421. The van der Waals surface area contributed by atoms with Crippen LogP contribution < -0.4 is 15.0 Å². The van der Waals surface area contributed by atoms with Crippen molar-refractivity contribution in [1.29, 1.82) is 0 Å². The number of hydrogen-bond donors (Lipinski definition) is 0. The van der Waals surface area contributed by atoms with Crippen molar-refractivity contribution in [2.75, 3.05) is 0 Å². The Morgan fingerprint density at radius 1 is 1.18 bits per heavy atom. The lowest BCUT2D eigenvalue weighted by atomic mass is 9.86. The van der Waals surface area contributed by atoms with Crippen molar-refractivity contribution >= 4 is 5.97 Å². The normalized spacial score (nSPS) is 15.6. The van der Waals surface area contributed by atoms with Gasteiger partial charge in [0.05, 0.1) is 17.7 Å². The molecule has 0 N–H and O–H groups in total. The van der Waals surface area contributed by atoms with E-state index in [-0.39, 0.29) is 17.9 Å². The van der Waals surface area contributed by atoms with Gasteiger partial charge in [-0.25, -0.2) is 0 Å². The molecule has 1 atom stereocenters. The highest BCUT2D eigenvalue weighted by Crippen LogP contribution is 2.40. The molecule has 1 aliphatic rings. The SMILES string of the molecule is Cc1cc2c(c(=O)n1C)[C@H](c1ccccc1OCc1ccccn1)CC(=O)O2. The van der Waals surface area contributed by atoms with Gasteiger partial charge in [-0.2, -0.15) is 0 Å².